The fourth-order valence-corrected chi connectivity index (χ4v) is 0. The van der Waals surface area contributed by atoms with Crippen LogP contribution in [0.15, 0.2) is 0 Å². The van der Waals surface area contributed by atoms with Gasteiger partial charge in [-0.3, -0.25) is 0 Å². The van der Waals surface area contributed by atoms with E-state index in [2.05, 4.69) is 39.8 Å². The second-order valence-corrected chi connectivity index (χ2v) is 3.07. The first kappa shape index (κ1) is 16.5. The molecule has 0 heterocycles. The summed E-state index contributed by atoms with van der Waals surface area (Å²) in [5.74, 6) is 0. The molecule has 0 atom stereocenters. The molecule has 0 bridgehead atoms. The zero-order valence-electron chi connectivity index (χ0n) is 8.52. The van der Waals surface area contributed by atoms with E-state index in [1.54, 1.807) is 0 Å². The van der Waals surface area contributed by atoms with Crippen LogP contribution in [0.1, 0.15) is 34.6 Å². The minimum absolute atomic E-state index is 0. The van der Waals surface area contributed by atoms with Crippen molar-refractivity contribution in [2.75, 3.05) is 14.1 Å². The molecular weight excluding hydrogens is 121 g/mol. The average molecular weight is 142 g/mol. The Balaban J connectivity index is -0.000000149. The van der Waals surface area contributed by atoms with E-state index < -0.39 is 0 Å². The maximum atomic E-state index is 2.19. The highest BCUT2D eigenvalue weighted by Crippen LogP contribution is 2.05. The SMILES string of the molecule is CC.CN(C)C(C)(C)C.[B]. The van der Waals surface area contributed by atoms with Crippen LogP contribution in [0.2, 0.25) is 0 Å². The van der Waals surface area contributed by atoms with Gasteiger partial charge in [-0.25, -0.2) is 0 Å². The van der Waals surface area contributed by atoms with Crippen LogP contribution in [0.3, 0.4) is 0 Å². The van der Waals surface area contributed by atoms with Gasteiger partial charge in [0, 0.05) is 14.0 Å². The van der Waals surface area contributed by atoms with Crippen LogP contribution in [0, 0.1) is 0 Å². The standard InChI is InChI=1S/C6H15N.C2H6.B/c1-6(2,3)7(4)5;1-2;/h1-5H3;1-2H3;. The van der Waals surface area contributed by atoms with E-state index in [1.165, 1.54) is 0 Å². The predicted molar refractivity (Wildman–Crippen MR) is 50.5 cm³/mol. The summed E-state index contributed by atoms with van der Waals surface area (Å²) in [5, 5.41) is 0. The number of hydrogen-bond acceptors (Lipinski definition) is 1. The Bertz CT molecular complexity index is 54.8. The molecular formula is C8H21BN. The summed E-state index contributed by atoms with van der Waals surface area (Å²) >= 11 is 0. The molecule has 0 aromatic heterocycles. The molecule has 0 aromatic carbocycles. The van der Waals surface area contributed by atoms with E-state index in [0.29, 0.717) is 5.54 Å². The van der Waals surface area contributed by atoms with Gasteiger partial charge < -0.3 is 4.90 Å². The quantitative estimate of drug-likeness (QED) is 0.467. The predicted octanol–water partition coefficient (Wildman–Crippen LogP) is 1.99. The zero-order chi connectivity index (χ0) is 8.08. The summed E-state index contributed by atoms with van der Waals surface area (Å²) in [6, 6.07) is 0. The Morgan fingerprint density at radius 3 is 1.00 bits per heavy atom. The minimum Gasteiger partial charge on any atom is -0.305 e. The fourth-order valence-electron chi connectivity index (χ4n) is 0. The summed E-state index contributed by atoms with van der Waals surface area (Å²) < 4.78 is 0. The molecule has 0 saturated carbocycles. The third kappa shape index (κ3) is 10.9. The summed E-state index contributed by atoms with van der Waals surface area (Å²) in [6.07, 6.45) is 0. The lowest BCUT2D eigenvalue weighted by atomic mass is 10.1. The Kier molecular flexibility index (Phi) is 11.8. The van der Waals surface area contributed by atoms with Crippen LogP contribution < -0.4 is 0 Å². The fraction of sp³-hybridized carbons (Fsp3) is 1.00. The summed E-state index contributed by atoms with van der Waals surface area (Å²) in [5.41, 5.74) is 0.333. The molecule has 0 saturated heterocycles. The van der Waals surface area contributed by atoms with Crippen molar-refractivity contribution < 1.29 is 0 Å². The van der Waals surface area contributed by atoms with Crippen LogP contribution in [0.25, 0.3) is 0 Å². The molecule has 0 aromatic rings. The summed E-state index contributed by atoms with van der Waals surface area (Å²) in [6.45, 7) is 10.6. The van der Waals surface area contributed by atoms with Gasteiger partial charge in [0.05, 0.1) is 0 Å². The molecule has 0 aliphatic carbocycles. The zero-order valence-corrected chi connectivity index (χ0v) is 8.52. The van der Waals surface area contributed by atoms with Gasteiger partial charge in [0.25, 0.3) is 0 Å². The molecule has 0 spiro atoms. The largest absolute Gasteiger partial charge is 0.305 e. The lowest BCUT2D eigenvalue weighted by Gasteiger charge is -2.27. The molecule has 0 unspecified atom stereocenters. The Morgan fingerprint density at radius 2 is 1.00 bits per heavy atom. The first-order chi connectivity index (χ1) is 3.94. The Labute approximate surface area is 68.4 Å². The Morgan fingerprint density at radius 1 is 0.900 bits per heavy atom. The first-order valence-electron chi connectivity index (χ1n) is 3.62. The monoisotopic (exact) mass is 142 g/mol. The molecule has 0 rings (SSSR count). The molecule has 0 aliphatic rings. The highest BCUT2D eigenvalue weighted by Gasteiger charge is 2.10. The Hall–Kier alpha value is 0.0249. The van der Waals surface area contributed by atoms with Gasteiger partial charge >= 0.3 is 0 Å². The van der Waals surface area contributed by atoms with Crippen molar-refractivity contribution in [1.82, 2.24) is 4.90 Å². The van der Waals surface area contributed by atoms with Crippen LogP contribution in [-0.4, -0.2) is 32.9 Å². The summed E-state index contributed by atoms with van der Waals surface area (Å²) in [4.78, 5) is 2.19. The van der Waals surface area contributed by atoms with Crippen molar-refractivity contribution in [3.63, 3.8) is 0 Å². The van der Waals surface area contributed by atoms with E-state index in [1.807, 2.05) is 13.8 Å². The van der Waals surface area contributed by atoms with Crippen LogP contribution in [0.4, 0.5) is 0 Å². The maximum absolute atomic E-state index is 2.19. The topological polar surface area (TPSA) is 3.24 Å². The highest BCUT2D eigenvalue weighted by molar-refractivity contribution is 5.75. The van der Waals surface area contributed by atoms with E-state index in [-0.39, 0.29) is 8.41 Å². The smallest absolute Gasteiger partial charge is 0.0118 e. The normalized spacial score (nSPS) is 9.60. The third-order valence-corrected chi connectivity index (χ3v) is 1.34. The van der Waals surface area contributed by atoms with Crippen molar-refractivity contribution in [3.8, 4) is 0 Å². The molecule has 0 amide bonds. The van der Waals surface area contributed by atoms with Crippen molar-refractivity contribution in [1.29, 1.82) is 0 Å². The van der Waals surface area contributed by atoms with Gasteiger partial charge in [-0.05, 0) is 34.9 Å². The molecule has 61 valence electrons. The third-order valence-electron chi connectivity index (χ3n) is 1.34. The second-order valence-electron chi connectivity index (χ2n) is 3.07. The highest BCUT2D eigenvalue weighted by atomic mass is 15.1. The van der Waals surface area contributed by atoms with Crippen molar-refractivity contribution in [3.05, 3.63) is 0 Å². The number of nitrogens with zero attached hydrogens (tertiary/aromatic N) is 1. The molecule has 2 heteroatoms. The van der Waals surface area contributed by atoms with Crippen molar-refractivity contribution in [2.45, 2.75) is 40.2 Å². The van der Waals surface area contributed by atoms with E-state index in [9.17, 15) is 0 Å². The lowest BCUT2D eigenvalue weighted by Crippen LogP contribution is -2.34. The van der Waals surface area contributed by atoms with Crippen LogP contribution in [0.5, 0.6) is 0 Å². The van der Waals surface area contributed by atoms with Gasteiger partial charge in [-0.1, -0.05) is 13.8 Å². The van der Waals surface area contributed by atoms with Crippen molar-refractivity contribution in [2.24, 2.45) is 0 Å². The molecule has 0 aliphatic heterocycles. The van der Waals surface area contributed by atoms with Gasteiger partial charge in [0.15, 0.2) is 0 Å². The van der Waals surface area contributed by atoms with Gasteiger partial charge in [0.1, 0.15) is 0 Å². The first-order valence-corrected chi connectivity index (χ1v) is 3.62. The maximum Gasteiger partial charge on any atom is 0.0118 e. The number of hydrogen-bond donors (Lipinski definition) is 0. The van der Waals surface area contributed by atoms with Gasteiger partial charge in [-0.2, -0.15) is 0 Å². The minimum atomic E-state index is 0. The van der Waals surface area contributed by atoms with Crippen molar-refractivity contribution >= 4 is 8.41 Å². The van der Waals surface area contributed by atoms with E-state index in [4.69, 9.17) is 0 Å². The molecule has 0 N–H and O–H groups in total. The van der Waals surface area contributed by atoms with Gasteiger partial charge in [-0.15, -0.1) is 0 Å². The van der Waals surface area contributed by atoms with Gasteiger partial charge in [0.2, 0.25) is 0 Å². The lowest BCUT2D eigenvalue weighted by molar-refractivity contribution is 0.219. The number of rotatable bonds is 0. The summed E-state index contributed by atoms with van der Waals surface area (Å²) in [7, 11) is 4.17. The molecule has 0 fully saturated rings. The second kappa shape index (κ2) is 7.14. The molecule has 10 heavy (non-hydrogen) atoms. The molecule has 1 nitrogen and oxygen atoms in total. The van der Waals surface area contributed by atoms with E-state index >= 15 is 0 Å². The molecule has 3 radical (unpaired) electrons. The van der Waals surface area contributed by atoms with Crippen LogP contribution in [-0.2, 0) is 0 Å². The average Bonchev–Trinajstić information content (AvgIpc) is 1.69. The van der Waals surface area contributed by atoms with E-state index in [0.717, 1.165) is 0 Å². The van der Waals surface area contributed by atoms with Crippen LogP contribution >= 0.6 is 0 Å².